The standard InChI is InChI=1S/C17H25N/c1-2-14-18-15-8-11-17(18)13-12-16-9-6-4-3-5-7-10-16/h3-7,9-10,17H,2,8,11-15H2,1H3. The van der Waals surface area contributed by atoms with Gasteiger partial charge in [-0.3, -0.25) is 0 Å². The van der Waals surface area contributed by atoms with Gasteiger partial charge < -0.3 is 4.90 Å². The molecule has 1 heterocycles. The van der Waals surface area contributed by atoms with Crippen LogP contribution in [0.2, 0.25) is 0 Å². The summed E-state index contributed by atoms with van der Waals surface area (Å²) in [5.74, 6) is 0. The predicted octanol–water partition coefficient (Wildman–Crippen LogP) is 4.25. The highest BCUT2D eigenvalue weighted by atomic mass is 15.2. The Morgan fingerprint density at radius 3 is 2.89 bits per heavy atom. The van der Waals surface area contributed by atoms with Crippen molar-refractivity contribution in [2.75, 3.05) is 13.1 Å². The van der Waals surface area contributed by atoms with Crippen LogP contribution in [0.25, 0.3) is 0 Å². The number of allylic oxidation sites excluding steroid dienone is 8. The monoisotopic (exact) mass is 243 g/mol. The number of nitrogens with zero attached hydrogens (tertiary/aromatic N) is 1. The highest BCUT2D eigenvalue weighted by Crippen LogP contribution is 2.23. The first-order valence-electron chi connectivity index (χ1n) is 7.35. The van der Waals surface area contributed by atoms with Crippen LogP contribution >= 0.6 is 0 Å². The van der Waals surface area contributed by atoms with E-state index in [-0.39, 0.29) is 0 Å². The van der Waals surface area contributed by atoms with Crippen molar-refractivity contribution in [3.05, 3.63) is 48.1 Å². The van der Waals surface area contributed by atoms with E-state index in [1.54, 1.807) is 0 Å². The molecule has 98 valence electrons. The Labute approximate surface area is 112 Å². The molecule has 0 saturated carbocycles. The van der Waals surface area contributed by atoms with E-state index >= 15 is 0 Å². The summed E-state index contributed by atoms with van der Waals surface area (Å²) >= 11 is 0. The van der Waals surface area contributed by atoms with Crippen molar-refractivity contribution in [2.24, 2.45) is 0 Å². The average Bonchev–Trinajstić information content (AvgIpc) is 2.76. The number of likely N-dealkylation sites (tertiary alicyclic amines) is 1. The lowest BCUT2D eigenvalue weighted by molar-refractivity contribution is 0.244. The van der Waals surface area contributed by atoms with Gasteiger partial charge in [-0.2, -0.15) is 0 Å². The van der Waals surface area contributed by atoms with Crippen LogP contribution in [0.15, 0.2) is 48.1 Å². The molecule has 1 saturated heterocycles. The van der Waals surface area contributed by atoms with Crippen LogP contribution in [0.4, 0.5) is 0 Å². The zero-order chi connectivity index (χ0) is 12.6. The second-order valence-corrected chi connectivity index (χ2v) is 5.24. The van der Waals surface area contributed by atoms with Crippen molar-refractivity contribution in [3.63, 3.8) is 0 Å². The lowest BCUT2D eigenvalue weighted by Gasteiger charge is -2.23. The molecule has 1 aliphatic heterocycles. The summed E-state index contributed by atoms with van der Waals surface area (Å²) in [7, 11) is 0. The Kier molecular flexibility index (Phi) is 5.47. The molecule has 1 fully saturated rings. The third-order valence-electron chi connectivity index (χ3n) is 3.84. The van der Waals surface area contributed by atoms with Gasteiger partial charge in [-0.1, -0.05) is 49.5 Å². The topological polar surface area (TPSA) is 3.24 Å². The quantitative estimate of drug-likeness (QED) is 0.697. The van der Waals surface area contributed by atoms with E-state index in [9.17, 15) is 0 Å². The molecule has 0 aromatic carbocycles. The molecule has 1 heteroatoms. The van der Waals surface area contributed by atoms with E-state index in [2.05, 4.69) is 54.4 Å². The van der Waals surface area contributed by atoms with Crippen LogP contribution in [-0.2, 0) is 0 Å². The average molecular weight is 243 g/mol. The summed E-state index contributed by atoms with van der Waals surface area (Å²) in [4.78, 5) is 2.68. The van der Waals surface area contributed by atoms with Gasteiger partial charge in [0.2, 0.25) is 0 Å². The van der Waals surface area contributed by atoms with E-state index in [0.717, 1.165) is 6.04 Å². The Bertz CT molecular complexity index is 360. The fourth-order valence-corrected chi connectivity index (χ4v) is 2.91. The molecule has 0 aromatic heterocycles. The fourth-order valence-electron chi connectivity index (χ4n) is 2.91. The van der Waals surface area contributed by atoms with Gasteiger partial charge in [-0.15, -0.1) is 0 Å². The largest absolute Gasteiger partial charge is 0.300 e. The highest BCUT2D eigenvalue weighted by molar-refractivity contribution is 5.30. The van der Waals surface area contributed by atoms with Gasteiger partial charge in [0.15, 0.2) is 0 Å². The van der Waals surface area contributed by atoms with E-state index in [0.29, 0.717) is 0 Å². The van der Waals surface area contributed by atoms with Gasteiger partial charge in [0, 0.05) is 6.04 Å². The lowest BCUT2D eigenvalue weighted by atomic mass is 10.0. The van der Waals surface area contributed by atoms with Crippen LogP contribution in [0.1, 0.15) is 39.0 Å². The summed E-state index contributed by atoms with van der Waals surface area (Å²) in [6.07, 6.45) is 21.7. The third-order valence-corrected chi connectivity index (χ3v) is 3.84. The van der Waals surface area contributed by atoms with Gasteiger partial charge in [0.25, 0.3) is 0 Å². The van der Waals surface area contributed by atoms with E-state index in [1.807, 2.05) is 0 Å². The zero-order valence-electron chi connectivity index (χ0n) is 11.5. The minimum Gasteiger partial charge on any atom is -0.300 e. The van der Waals surface area contributed by atoms with Crippen molar-refractivity contribution in [2.45, 2.75) is 45.1 Å². The first-order chi connectivity index (χ1) is 8.90. The Balaban J connectivity index is 1.83. The molecule has 0 amide bonds. The second-order valence-electron chi connectivity index (χ2n) is 5.24. The Morgan fingerprint density at radius 2 is 2.00 bits per heavy atom. The van der Waals surface area contributed by atoms with Crippen LogP contribution in [0.3, 0.4) is 0 Å². The number of rotatable bonds is 5. The molecule has 0 aromatic rings. The maximum Gasteiger partial charge on any atom is 0.00988 e. The molecule has 1 nitrogen and oxygen atoms in total. The van der Waals surface area contributed by atoms with Crippen LogP contribution in [0, 0.1) is 0 Å². The molecular formula is C17H25N. The van der Waals surface area contributed by atoms with E-state index < -0.39 is 0 Å². The van der Waals surface area contributed by atoms with Gasteiger partial charge >= 0.3 is 0 Å². The molecule has 1 atom stereocenters. The van der Waals surface area contributed by atoms with Crippen molar-refractivity contribution >= 4 is 0 Å². The van der Waals surface area contributed by atoms with Gasteiger partial charge in [0.1, 0.15) is 0 Å². The first kappa shape index (κ1) is 13.4. The van der Waals surface area contributed by atoms with E-state index in [1.165, 1.54) is 50.8 Å². The molecule has 1 aliphatic carbocycles. The van der Waals surface area contributed by atoms with Crippen LogP contribution in [0.5, 0.6) is 0 Å². The smallest absolute Gasteiger partial charge is 0.00988 e. The van der Waals surface area contributed by atoms with Gasteiger partial charge in [-0.05, 0) is 50.8 Å². The highest BCUT2D eigenvalue weighted by Gasteiger charge is 2.22. The second kappa shape index (κ2) is 7.38. The summed E-state index contributed by atoms with van der Waals surface area (Å²) in [5.41, 5.74) is 1.46. The third kappa shape index (κ3) is 3.99. The molecule has 0 bridgehead atoms. The fraction of sp³-hybridized carbons (Fsp3) is 0.529. The lowest BCUT2D eigenvalue weighted by Crippen LogP contribution is -2.30. The molecule has 2 aliphatic rings. The molecule has 0 radical (unpaired) electrons. The van der Waals surface area contributed by atoms with Crippen molar-refractivity contribution in [3.8, 4) is 0 Å². The Morgan fingerprint density at radius 1 is 1.17 bits per heavy atom. The summed E-state index contributed by atoms with van der Waals surface area (Å²) in [6.45, 7) is 4.88. The normalized spacial score (nSPS) is 24.1. The molecule has 2 rings (SSSR count). The maximum atomic E-state index is 2.68. The molecule has 1 unspecified atom stereocenters. The van der Waals surface area contributed by atoms with Gasteiger partial charge in [0.05, 0.1) is 0 Å². The minimum atomic E-state index is 0.823. The Hall–Kier alpha value is -1.08. The first-order valence-corrected chi connectivity index (χ1v) is 7.35. The van der Waals surface area contributed by atoms with Crippen LogP contribution < -0.4 is 0 Å². The number of hydrogen-bond acceptors (Lipinski definition) is 1. The summed E-state index contributed by atoms with van der Waals surface area (Å²) in [5, 5.41) is 0. The van der Waals surface area contributed by atoms with Crippen LogP contribution in [-0.4, -0.2) is 24.0 Å². The summed E-state index contributed by atoms with van der Waals surface area (Å²) < 4.78 is 0. The summed E-state index contributed by atoms with van der Waals surface area (Å²) in [6, 6.07) is 0.823. The van der Waals surface area contributed by atoms with Crippen molar-refractivity contribution < 1.29 is 0 Å². The van der Waals surface area contributed by atoms with Gasteiger partial charge in [-0.25, -0.2) is 0 Å². The molecular weight excluding hydrogens is 218 g/mol. The molecule has 18 heavy (non-hydrogen) atoms. The van der Waals surface area contributed by atoms with E-state index in [4.69, 9.17) is 0 Å². The minimum absolute atomic E-state index is 0.823. The zero-order valence-corrected chi connectivity index (χ0v) is 11.5. The molecule has 0 spiro atoms. The maximum absolute atomic E-state index is 2.68. The molecule has 0 N–H and O–H groups in total. The van der Waals surface area contributed by atoms with Crippen molar-refractivity contribution in [1.82, 2.24) is 4.90 Å². The number of hydrogen-bond donors (Lipinski definition) is 0. The van der Waals surface area contributed by atoms with Crippen molar-refractivity contribution in [1.29, 1.82) is 0 Å². The SMILES string of the molecule is CCCN1CCCC1CCC1=CC=CC=CC=C1. The predicted molar refractivity (Wildman–Crippen MR) is 79.6 cm³/mol.